The van der Waals surface area contributed by atoms with Gasteiger partial charge in [-0.1, -0.05) is 30.3 Å². The van der Waals surface area contributed by atoms with Crippen LogP contribution in [0.3, 0.4) is 0 Å². The smallest absolute Gasteiger partial charge is 0.255 e. The average molecular weight is 419 g/mol. The Morgan fingerprint density at radius 1 is 1.10 bits per heavy atom. The zero-order chi connectivity index (χ0) is 21.0. The molecule has 1 aliphatic carbocycles. The molecule has 2 aromatic rings. The van der Waals surface area contributed by atoms with Crippen molar-refractivity contribution in [2.24, 2.45) is 5.92 Å². The minimum absolute atomic E-state index is 0.0205. The minimum atomic E-state index is -0.0205. The summed E-state index contributed by atoms with van der Waals surface area (Å²) in [6.07, 6.45) is 6.76. The van der Waals surface area contributed by atoms with Crippen LogP contribution < -0.4 is 14.8 Å². The SMILES string of the molecule is O=C(NC1CC1)c1ccccc1OCC1CCCN(CC2=Cc3ccccc3OC2)C1. The number of nitrogens with one attached hydrogen (secondary N) is 1. The molecule has 5 nitrogen and oxygen atoms in total. The lowest BCUT2D eigenvalue weighted by Crippen LogP contribution is -2.39. The Bertz CT molecular complexity index is 967. The molecule has 0 aromatic heterocycles. The number of fused-ring (bicyclic) bond motifs is 1. The molecule has 0 bridgehead atoms. The number of benzene rings is 2. The number of hydrogen-bond donors (Lipinski definition) is 1. The number of hydrogen-bond acceptors (Lipinski definition) is 4. The van der Waals surface area contributed by atoms with Crippen molar-refractivity contribution in [3.05, 3.63) is 65.2 Å². The summed E-state index contributed by atoms with van der Waals surface area (Å²) in [6.45, 7) is 4.36. The van der Waals surface area contributed by atoms with Crippen LogP contribution in [0.1, 0.15) is 41.6 Å². The van der Waals surface area contributed by atoms with E-state index in [1.54, 1.807) is 0 Å². The zero-order valence-corrected chi connectivity index (χ0v) is 17.9. The average Bonchev–Trinajstić information content (AvgIpc) is 3.62. The lowest BCUT2D eigenvalue weighted by molar-refractivity contribution is 0.0942. The highest BCUT2D eigenvalue weighted by atomic mass is 16.5. The molecule has 0 radical (unpaired) electrons. The van der Waals surface area contributed by atoms with E-state index in [9.17, 15) is 4.79 Å². The van der Waals surface area contributed by atoms with Crippen molar-refractivity contribution >= 4 is 12.0 Å². The predicted octanol–water partition coefficient (Wildman–Crippen LogP) is 4.15. The number of para-hydroxylation sites is 2. The van der Waals surface area contributed by atoms with Gasteiger partial charge in [0.05, 0.1) is 12.2 Å². The quantitative estimate of drug-likeness (QED) is 0.734. The fourth-order valence-electron chi connectivity index (χ4n) is 4.45. The molecule has 1 N–H and O–H groups in total. The summed E-state index contributed by atoms with van der Waals surface area (Å²) in [5, 5.41) is 3.06. The van der Waals surface area contributed by atoms with Crippen LogP contribution in [0.15, 0.2) is 54.1 Å². The second kappa shape index (κ2) is 9.15. The highest BCUT2D eigenvalue weighted by Gasteiger charge is 2.26. The molecule has 0 spiro atoms. The highest BCUT2D eigenvalue weighted by molar-refractivity contribution is 5.97. The summed E-state index contributed by atoms with van der Waals surface area (Å²) >= 11 is 0. The first kappa shape index (κ1) is 20.1. The molecule has 162 valence electrons. The summed E-state index contributed by atoms with van der Waals surface area (Å²) < 4.78 is 12.1. The maximum atomic E-state index is 12.5. The Morgan fingerprint density at radius 3 is 2.84 bits per heavy atom. The Balaban J connectivity index is 1.17. The van der Waals surface area contributed by atoms with Crippen molar-refractivity contribution in [2.45, 2.75) is 31.7 Å². The maximum Gasteiger partial charge on any atom is 0.255 e. The number of likely N-dealkylation sites (tertiary alicyclic amines) is 1. The van der Waals surface area contributed by atoms with E-state index in [1.165, 1.54) is 17.6 Å². The molecule has 31 heavy (non-hydrogen) atoms. The molecule has 1 amide bonds. The number of amides is 1. The standard InChI is InChI=1S/C26H30N2O3/c29-26(27-22-11-12-22)23-8-2-4-10-25(23)31-17-19-6-5-13-28(15-19)16-20-14-21-7-1-3-9-24(21)30-18-20/h1-4,7-10,14,19,22H,5-6,11-13,15-18H2,(H,27,29). The third-order valence-electron chi connectivity index (χ3n) is 6.24. The highest BCUT2D eigenvalue weighted by Crippen LogP contribution is 2.28. The van der Waals surface area contributed by atoms with E-state index in [0.29, 0.717) is 36.5 Å². The predicted molar refractivity (Wildman–Crippen MR) is 122 cm³/mol. The summed E-state index contributed by atoms with van der Waals surface area (Å²) in [5.74, 6) is 2.11. The number of piperidine rings is 1. The van der Waals surface area contributed by atoms with E-state index in [2.05, 4.69) is 28.4 Å². The van der Waals surface area contributed by atoms with E-state index in [4.69, 9.17) is 9.47 Å². The summed E-state index contributed by atoms with van der Waals surface area (Å²) in [5.41, 5.74) is 3.13. The minimum Gasteiger partial charge on any atom is -0.492 e. The van der Waals surface area contributed by atoms with Crippen LogP contribution in [0.2, 0.25) is 0 Å². The maximum absolute atomic E-state index is 12.5. The molecule has 2 heterocycles. The van der Waals surface area contributed by atoms with Gasteiger partial charge in [-0.15, -0.1) is 0 Å². The van der Waals surface area contributed by atoms with E-state index >= 15 is 0 Å². The van der Waals surface area contributed by atoms with Crippen molar-refractivity contribution in [1.29, 1.82) is 0 Å². The van der Waals surface area contributed by atoms with Crippen LogP contribution in [-0.2, 0) is 0 Å². The Kier molecular flexibility index (Phi) is 5.94. The fraction of sp³-hybridized carbons (Fsp3) is 0.423. The molecule has 1 saturated carbocycles. The van der Waals surface area contributed by atoms with Gasteiger partial charge < -0.3 is 14.8 Å². The van der Waals surface area contributed by atoms with Crippen molar-refractivity contribution in [3.63, 3.8) is 0 Å². The van der Waals surface area contributed by atoms with Gasteiger partial charge in [0.25, 0.3) is 5.91 Å². The topological polar surface area (TPSA) is 50.8 Å². The van der Waals surface area contributed by atoms with Crippen LogP contribution in [0.25, 0.3) is 6.08 Å². The molecular weight excluding hydrogens is 388 g/mol. The molecule has 2 aromatic carbocycles. The number of carbonyl (C=O) groups excluding carboxylic acids is 1. The van der Waals surface area contributed by atoms with Gasteiger partial charge >= 0.3 is 0 Å². The van der Waals surface area contributed by atoms with Crippen molar-refractivity contribution < 1.29 is 14.3 Å². The lowest BCUT2D eigenvalue weighted by atomic mass is 9.98. The monoisotopic (exact) mass is 418 g/mol. The number of carbonyl (C=O) groups is 1. The summed E-state index contributed by atoms with van der Waals surface area (Å²) in [4.78, 5) is 15.0. The van der Waals surface area contributed by atoms with Gasteiger partial charge in [-0.25, -0.2) is 0 Å². The zero-order valence-electron chi connectivity index (χ0n) is 17.9. The summed E-state index contributed by atoms with van der Waals surface area (Å²) in [7, 11) is 0. The molecule has 3 aliphatic rings. The van der Waals surface area contributed by atoms with Crippen molar-refractivity contribution in [3.8, 4) is 11.5 Å². The van der Waals surface area contributed by atoms with E-state index < -0.39 is 0 Å². The van der Waals surface area contributed by atoms with Crippen LogP contribution >= 0.6 is 0 Å². The largest absolute Gasteiger partial charge is 0.492 e. The second-order valence-corrected chi connectivity index (χ2v) is 8.93. The Labute approximate surface area is 184 Å². The van der Waals surface area contributed by atoms with E-state index in [-0.39, 0.29) is 5.91 Å². The second-order valence-electron chi connectivity index (χ2n) is 8.93. The molecular formula is C26H30N2O3. The van der Waals surface area contributed by atoms with Gasteiger partial charge in [0, 0.05) is 30.6 Å². The van der Waals surface area contributed by atoms with Crippen LogP contribution in [0.5, 0.6) is 11.5 Å². The van der Waals surface area contributed by atoms with Crippen molar-refractivity contribution in [1.82, 2.24) is 10.2 Å². The molecule has 1 atom stereocenters. The van der Waals surface area contributed by atoms with Gasteiger partial charge in [-0.2, -0.15) is 0 Å². The Morgan fingerprint density at radius 2 is 1.94 bits per heavy atom. The number of rotatable bonds is 7. The molecule has 2 aliphatic heterocycles. The van der Waals surface area contributed by atoms with Crippen LogP contribution in [-0.4, -0.2) is 49.7 Å². The molecule has 5 heteroatoms. The first-order valence-corrected chi connectivity index (χ1v) is 11.4. The molecule has 1 saturated heterocycles. The summed E-state index contributed by atoms with van der Waals surface area (Å²) in [6, 6.07) is 16.1. The van der Waals surface area contributed by atoms with E-state index in [1.807, 2.05) is 36.4 Å². The van der Waals surface area contributed by atoms with Crippen LogP contribution in [0.4, 0.5) is 0 Å². The Hall–Kier alpha value is -2.79. The number of ether oxygens (including phenoxy) is 2. The molecule has 2 fully saturated rings. The van der Waals surface area contributed by atoms with Crippen LogP contribution in [0, 0.1) is 5.92 Å². The fourth-order valence-corrected chi connectivity index (χ4v) is 4.45. The lowest BCUT2D eigenvalue weighted by Gasteiger charge is -2.33. The molecule has 1 unspecified atom stereocenters. The first-order chi connectivity index (χ1) is 15.2. The third kappa shape index (κ3) is 5.10. The van der Waals surface area contributed by atoms with Gasteiger partial charge in [0.2, 0.25) is 0 Å². The van der Waals surface area contributed by atoms with Gasteiger partial charge in [-0.05, 0) is 62.1 Å². The van der Waals surface area contributed by atoms with Crippen molar-refractivity contribution in [2.75, 3.05) is 32.8 Å². The van der Waals surface area contributed by atoms with Gasteiger partial charge in [0.15, 0.2) is 0 Å². The van der Waals surface area contributed by atoms with Gasteiger partial charge in [0.1, 0.15) is 18.1 Å². The number of nitrogens with zero attached hydrogens (tertiary/aromatic N) is 1. The first-order valence-electron chi connectivity index (χ1n) is 11.4. The molecule has 5 rings (SSSR count). The normalized spacial score (nSPS) is 20.9. The van der Waals surface area contributed by atoms with E-state index in [0.717, 1.165) is 44.6 Å². The van der Waals surface area contributed by atoms with Gasteiger partial charge in [-0.3, -0.25) is 9.69 Å². The third-order valence-corrected chi connectivity index (χ3v) is 6.24.